The zero-order valence-corrected chi connectivity index (χ0v) is 24.3. The quantitative estimate of drug-likeness (QED) is 0.137. The molecule has 2 fully saturated rings. The Morgan fingerprint density at radius 3 is 2.40 bits per heavy atom. The number of hydrogen-bond donors (Lipinski definition) is 0. The summed E-state index contributed by atoms with van der Waals surface area (Å²) in [7, 11) is 2.21. The van der Waals surface area contributed by atoms with Crippen LogP contribution in [0.4, 0.5) is 0 Å². The third-order valence-electron chi connectivity index (χ3n) is 9.21. The lowest BCUT2D eigenvalue weighted by Gasteiger charge is -2.53. The van der Waals surface area contributed by atoms with Crippen LogP contribution in [0.15, 0.2) is 11.6 Å². The van der Waals surface area contributed by atoms with E-state index >= 15 is 0 Å². The summed E-state index contributed by atoms with van der Waals surface area (Å²) in [4.78, 5) is 13.4. The van der Waals surface area contributed by atoms with Gasteiger partial charge in [0.15, 0.2) is 14.1 Å². The Morgan fingerprint density at radius 2 is 1.83 bits per heavy atom. The number of fused-ring (bicyclic) bond motifs is 3. The minimum absolute atomic E-state index is 0.0998. The third-order valence-corrected chi connectivity index (χ3v) is 13.6. The van der Waals surface area contributed by atoms with Crippen molar-refractivity contribution in [2.75, 3.05) is 41.5 Å². The van der Waals surface area contributed by atoms with E-state index in [1.807, 2.05) is 0 Å². The van der Waals surface area contributed by atoms with E-state index in [-0.39, 0.29) is 36.8 Å². The van der Waals surface area contributed by atoms with Crippen molar-refractivity contribution in [2.24, 2.45) is 16.7 Å². The summed E-state index contributed by atoms with van der Waals surface area (Å²) < 4.78 is 42.6. The fourth-order valence-corrected chi connectivity index (χ4v) is 7.61. The highest BCUT2D eigenvalue weighted by molar-refractivity contribution is 6.74. The van der Waals surface area contributed by atoms with E-state index in [4.69, 9.17) is 32.8 Å². The molecule has 6 atom stereocenters. The minimum Gasteiger partial charge on any atom is -0.469 e. The third kappa shape index (κ3) is 4.45. The molecule has 1 saturated carbocycles. The first-order chi connectivity index (χ1) is 16.3. The van der Waals surface area contributed by atoms with E-state index in [2.05, 4.69) is 53.8 Å². The average Bonchev–Trinajstić information content (AvgIpc) is 3.12. The number of rotatable bonds is 10. The molecule has 8 nitrogen and oxygen atoms in total. The topological polar surface area (TPSA) is 81.7 Å². The van der Waals surface area contributed by atoms with Gasteiger partial charge in [-0.15, -0.1) is 0 Å². The lowest BCUT2D eigenvalue weighted by molar-refractivity contribution is -0.251. The molecule has 1 heterocycles. The summed E-state index contributed by atoms with van der Waals surface area (Å²) in [5.74, 6) is -2.22. The van der Waals surface area contributed by atoms with Gasteiger partial charge in [0.25, 0.3) is 0 Å². The van der Waals surface area contributed by atoms with Crippen molar-refractivity contribution >= 4 is 14.3 Å². The van der Waals surface area contributed by atoms with Gasteiger partial charge in [0.05, 0.1) is 31.3 Å². The smallest absolute Gasteiger partial charge is 0.314 e. The van der Waals surface area contributed by atoms with Crippen LogP contribution in [-0.2, 0) is 37.6 Å². The molecule has 0 aromatic carbocycles. The van der Waals surface area contributed by atoms with Crippen molar-refractivity contribution in [2.45, 2.75) is 90.0 Å². The number of hydrogen-bond acceptors (Lipinski definition) is 8. The number of esters is 1. The summed E-state index contributed by atoms with van der Waals surface area (Å²) >= 11 is 0. The van der Waals surface area contributed by atoms with Gasteiger partial charge in [0, 0.05) is 19.6 Å². The normalized spacial score (nSPS) is 37.1. The van der Waals surface area contributed by atoms with Crippen LogP contribution in [0.2, 0.25) is 18.1 Å². The van der Waals surface area contributed by atoms with Crippen molar-refractivity contribution in [1.82, 2.24) is 0 Å². The largest absolute Gasteiger partial charge is 0.469 e. The monoisotopic (exact) mass is 514 g/mol. The van der Waals surface area contributed by atoms with E-state index in [0.717, 1.165) is 12.8 Å². The number of carbonyl (C=O) groups is 1. The standard InChI is InChI=1S/C26H46O8Si/c1-18-11-12-25(15-31-16-28-6)21(13-18)33-26(34-35(9,10)23(2,3)4)19(22(27)30-8)14-20(24(25,26)5)32-17-29-7/h13,19-21H,11-12,14-17H2,1-10H3/t19-,20-,21-,24-,25-,26+/m1/s1. The Bertz CT molecular complexity index is 808. The first-order valence-corrected chi connectivity index (χ1v) is 15.5. The maximum Gasteiger partial charge on any atom is 0.314 e. The Morgan fingerprint density at radius 1 is 1.17 bits per heavy atom. The fourth-order valence-electron chi connectivity index (χ4n) is 6.14. The zero-order chi connectivity index (χ0) is 26.3. The summed E-state index contributed by atoms with van der Waals surface area (Å²) in [5.41, 5.74) is 0.0456. The summed E-state index contributed by atoms with van der Waals surface area (Å²) in [5, 5.41) is -0.0998. The molecule has 0 bridgehead atoms. The molecule has 2 aliphatic carbocycles. The molecular formula is C26H46O8Si. The molecule has 0 N–H and O–H groups in total. The van der Waals surface area contributed by atoms with E-state index in [9.17, 15) is 4.79 Å². The highest BCUT2D eigenvalue weighted by Gasteiger charge is 2.82. The second-order valence-electron chi connectivity index (χ2n) is 12.1. The van der Waals surface area contributed by atoms with E-state index < -0.39 is 30.9 Å². The van der Waals surface area contributed by atoms with Crippen LogP contribution in [-0.4, -0.2) is 73.8 Å². The van der Waals surface area contributed by atoms with Gasteiger partial charge in [-0.3, -0.25) is 4.79 Å². The highest BCUT2D eigenvalue weighted by atomic mass is 28.4. The first-order valence-electron chi connectivity index (χ1n) is 12.6. The maximum absolute atomic E-state index is 13.4. The Hall–Kier alpha value is -0.813. The van der Waals surface area contributed by atoms with Gasteiger partial charge in [-0.25, -0.2) is 0 Å². The zero-order valence-electron chi connectivity index (χ0n) is 23.3. The van der Waals surface area contributed by atoms with Crippen molar-refractivity contribution in [1.29, 1.82) is 0 Å². The van der Waals surface area contributed by atoms with Crippen molar-refractivity contribution < 1.29 is 37.6 Å². The summed E-state index contributed by atoms with van der Waals surface area (Å²) in [6, 6.07) is 0. The molecule has 0 radical (unpaired) electrons. The molecule has 0 aromatic rings. The molecule has 0 aromatic heterocycles. The Balaban J connectivity index is 2.26. The highest BCUT2D eigenvalue weighted by Crippen LogP contribution is 2.72. The molecule has 9 heteroatoms. The number of carbonyl (C=O) groups excluding carboxylic acids is 1. The van der Waals surface area contributed by atoms with Crippen LogP contribution in [0, 0.1) is 16.7 Å². The van der Waals surface area contributed by atoms with E-state index in [1.165, 1.54) is 12.7 Å². The van der Waals surface area contributed by atoms with E-state index in [1.54, 1.807) is 14.2 Å². The van der Waals surface area contributed by atoms with Gasteiger partial charge in [-0.2, -0.15) is 0 Å². The molecular weight excluding hydrogens is 468 g/mol. The van der Waals surface area contributed by atoms with Gasteiger partial charge in [0.2, 0.25) is 0 Å². The fraction of sp³-hybridized carbons (Fsp3) is 0.885. The second-order valence-corrected chi connectivity index (χ2v) is 16.8. The van der Waals surface area contributed by atoms with Crippen molar-refractivity contribution in [3.8, 4) is 0 Å². The molecule has 1 aliphatic heterocycles. The van der Waals surface area contributed by atoms with Crippen LogP contribution in [0.3, 0.4) is 0 Å². The Kier molecular flexibility index (Phi) is 8.34. The molecule has 3 aliphatic rings. The van der Waals surface area contributed by atoms with Gasteiger partial charge in [-0.1, -0.05) is 39.3 Å². The molecule has 0 spiro atoms. The Labute approximate surface area is 212 Å². The SMILES string of the molecule is COCOC[C@]12CCC(C)=C[C@H]1O[C@]1(O[Si](C)(C)C(C)(C)C)[C@@H](C(=O)OC)C[C@@H](OCOC)[C@]21C. The summed E-state index contributed by atoms with van der Waals surface area (Å²) in [6.07, 6.45) is 3.67. The molecule has 35 heavy (non-hydrogen) atoms. The number of methoxy groups -OCH3 is 3. The van der Waals surface area contributed by atoms with Crippen LogP contribution >= 0.6 is 0 Å². The van der Waals surface area contributed by atoms with Crippen LogP contribution in [0.25, 0.3) is 0 Å². The van der Waals surface area contributed by atoms with Gasteiger partial charge in [-0.05, 0) is 44.3 Å². The molecule has 0 unspecified atom stereocenters. The van der Waals surface area contributed by atoms with Crippen LogP contribution in [0.1, 0.15) is 53.9 Å². The molecule has 202 valence electrons. The first kappa shape index (κ1) is 28.8. The molecule has 0 amide bonds. The van der Waals surface area contributed by atoms with Gasteiger partial charge >= 0.3 is 5.97 Å². The maximum atomic E-state index is 13.4. The predicted molar refractivity (Wildman–Crippen MR) is 134 cm³/mol. The lowest BCUT2D eigenvalue weighted by Crippen LogP contribution is -2.63. The van der Waals surface area contributed by atoms with Crippen LogP contribution in [0.5, 0.6) is 0 Å². The number of allylic oxidation sites excluding steroid dienone is 1. The molecule has 1 saturated heterocycles. The van der Waals surface area contributed by atoms with Gasteiger partial charge in [0.1, 0.15) is 19.5 Å². The van der Waals surface area contributed by atoms with Crippen molar-refractivity contribution in [3.63, 3.8) is 0 Å². The average molecular weight is 515 g/mol. The van der Waals surface area contributed by atoms with E-state index in [0.29, 0.717) is 13.0 Å². The van der Waals surface area contributed by atoms with Crippen molar-refractivity contribution in [3.05, 3.63) is 11.6 Å². The second kappa shape index (κ2) is 10.2. The number of ether oxygens (including phenoxy) is 6. The predicted octanol–water partition coefficient (Wildman–Crippen LogP) is 4.64. The lowest BCUT2D eigenvalue weighted by atomic mass is 9.55. The minimum atomic E-state index is -2.43. The summed E-state index contributed by atoms with van der Waals surface area (Å²) in [6.45, 7) is 15.9. The molecule has 3 rings (SSSR count). The van der Waals surface area contributed by atoms with Crippen LogP contribution < -0.4 is 0 Å². The van der Waals surface area contributed by atoms with Gasteiger partial charge < -0.3 is 32.8 Å².